The molecule has 0 radical (unpaired) electrons. The Morgan fingerprint density at radius 2 is 1.68 bits per heavy atom. The lowest BCUT2D eigenvalue weighted by Gasteiger charge is -2.39. The molecule has 102 valence electrons. The smallest absolute Gasteiger partial charge is 0.164 e. The lowest BCUT2D eigenvalue weighted by Crippen LogP contribution is -2.48. The molecule has 0 aliphatic heterocycles. The highest BCUT2D eigenvalue weighted by Gasteiger charge is 2.57. The molecule has 1 unspecified atom stereocenters. The Morgan fingerprint density at radius 3 is 2.21 bits per heavy atom. The minimum atomic E-state index is -3.73. The van der Waals surface area contributed by atoms with Crippen LogP contribution in [0.25, 0.3) is 0 Å². The number of rotatable bonds is 2. The molecule has 0 bridgehead atoms. The summed E-state index contributed by atoms with van der Waals surface area (Å²) in [5.41, 5.74) is 0.156. The van der Waals surface area contributed by atoms with Gasteiger partial charge in [0.1, 0.15) is 5.75 Å². The maximum absolute atomic E-state index is 12.3. The Bertz CT molecular complexity index is 662. The number of phenolic OH excluding ortho intramolecular Hbond substituents is 1. The molecule has 19 heavy (non-hydrogen) atoms. The zero-order valence-corrected chi connectivity index (χ0v) is 12.4. The molecule has 0 saturated carbocycles. The standard InChI is InChI=1S/C13H12Cl2O3S/c1-19(17,18)12(8-4-5-9-13(12,14)15)10-6-2-3-7-11(10)16/h2-9,16H,1H3. The fourth-order valence-electron chi connectivity index (χ4n) is 2.23. The highest BCUT2D eigenvalue weighted by atomic mass is 35.5. The molecule has 1 atom stereocenters. The van der Waals surface area contributed by atoms with E-state index in [-0.39, 0.29) is 11.3 Å². The summed E-state index contributed by atoms with van der Waals surface area (Å²) in [6.45, 7) is 0. The highest BCUT2D eigenvalue weighted by molar-refractivity contribution is 7.92. The molecule has 1 aromatic rings. The molecule has 0 saturated heterocycles. The van der Waals surface area contributed by atoms with E-state index in [9.17, 15) is 13.5 Å². The SMILES string of the molecule is CS(=O)(=O)C1(c2ccccc2O)C=CC=CC1(Cl)Cl. The molecular formula is C13H12Cl2O3S. The van der Waals surface area contributed by atoms with Gasteiger partial charge in [-0.1, -0.05) is 59.6 Å². The molecule has 0 aromatic heterocycles. The minimum absolute atomic E-state index is 0.156. The number of alkyl halides is 2. The van der Waals surface area contributed by atoms with E-state index < -0.39 is 18.9 Å². The van der Waals surface area contributed by atoms with Gasteiger partial charge in [-0.3, -0.25) is 0 Å². The van der Waals surface area contributed by atoms with Crippen molar-refractivity contribution in [3.05, 3.63) is 54.1 Å². The van der Waals surface area contributed by atoms with Crippen LogP contribution in [0.15, 0.2) is 48.6 Å². The molecule has 0 fully saturated rings. The molecule has 0 spiro atoms. The van der Waals surface area contributed by atoms with Gasteiger partial charge < -0.3 is 5.11 Å². The summed E-state index contributed by atoms with van der Waals surface area (Å²) in [6, 6.07) is 6.12. The fraction of sp³-hybridized carbons (Fsp3) is 0.231. The van der Waals surface area contributed by atoms with Crippen LogP contribution in [0.5, 0.6) is 5.75 Å². The average molecular weight is 319 g/mol. The summed E-state index contributed by atoms with van der Waals surface area (Å²) < 4.78 is 21.2. The van der Waals surface area contributed by atoms with Gasteiger partial charge in [0, 0.05) is 11.8 Å². The normalized spacial score (nSPS) is 25.4. The monoisotopic (exact) mass is 318 g/mol. The second-order valence-electron chi connectivity index (χ2n) is 4.37. The van der Waals surface area contributed by atoms with Crippen molar-refractivity contribution in [2.75, 3.05) is 6.26 Å². The first-order valence-corrected chi connectivity index (χ1v) is 8.10. The molecule has 6 heteroatoms. The predicted octanol–water partition coefficient (Wildman–Crippen LogP) is 2.93. The predicted molar refractivity (Wildman–Crippen MR) is 77.3 cm³/mol. The van der Waals surface area contributed by atoms with Crippen molar-refractivity contribution in [3.8, 4) is 5.75 Å². The number of phenols is 1. The Kier molecular flexibility index (Phi) is 3.45. The molecule has 1 N–H and O–H groups in total. The maximum Gasteiger partial charge on any atom is 0.164 e. The first-order valence-electron chi connectivity index (χ1n) is 5.45. The van der Waals surface area contributed by atoms with Crippen LogP contribution in [-0.2, 0) is 14.6 Å². The van der Waals surface area contributed by atoms with Gasteiger partial charge in [0.25, 0.3) is 0 Å². The third-order valence-corrected chi connectivity index (χ3v) is 6.05. The van der Waals surface area contributed by atoms with E-state index in [1.165, 1.54) is 24.3 Å². The summed E-state index contributed by atoms with van der Waals surface area (Å²) in [5.74, 6) is -0.168. The molecule has 1 aliphatic carbocycles. The van der Waals surface area contributed by atoms with Gasteiger partial charge in [-0.2, -0.15) is 0 Å². The quantitative estimate of drug-likeness (QED) is 0.853. The van der Waals surface area contributed by atoms with Crippen molar-refractivity contribution in [2.45, 2.75) is 9.08 Å². The van der Waals surface area contributed by atoms with Crippen molar-refractivity contribution in [3.63, 3.8) is 0 Å². The van der Waals surface area contributed by atoms with Crippen LogP contribution in [0.4, 0.5) is 0 Å². The van der Waals surface area contributed by atoms with E-state index in [2.05, 4.69) is 0 Å². The van der Waals surface area contributed by atoms with E-state index in [1.807, 2.05) is 0 Å². The van der Waals surface area contributed by atoms with E-state index >= 15 is 0 Å². The molecule has 1 aliphatic rings. The lowest BCUT2D eigenvalue weighted by atomic mass is 9.89. The van der Waals surface area contributed by atoms with Gasteiger partial charge in [-0.15, -0.1) is 0 Å². The molecule has 0 amide bonds. The van der Waals surface area contributed by atoms with Crippen LogP contribution in [0, 0.1) is 0 Å². The summed E-state index contributed by atoms with van der Waals surface area (Å²) in [7, 11) is -3.73. The van der Waals surface area contributed by atoms with Crippen LogP contribution < -0.4 is 0 Å². The van der Waals surface area contributed by atoms with Gasteiger partial charge >= 0.3 is 0 Å². The van der Waals surface area contributed by atoms with Crippen molar-refractivity contribution in [2.24, 2.45) is 0 Å². The van der Waals surface area contributed by atoms with E-state index in [1.54, 1.807) is 24.3 Å². The largest absolute Gasteiger partial charge is 0.508 e. The van der Waals surface area contributed by atoms with Crippen LogP contribution in [-0.4, -0.2) is 24.1 Å². The Balaban J connectivity index is 2.86. The summed E-state index contributed by atoms with van der Waals surface area (Å²) >= 11 is 12.4. The zero-order chi connectivity index (χ0) is 14.3. The molecule has 2 rings (SSSR count). The maximum atomic E-state index is 12.3. The van der Waals surface area contributed by atoms with Gasteiger partial charge in [-0.25, -0.2) is 8.42 Å². The highest BCUT2D eigenvalue weighted by Crippen LogP contribution is 2.52. The molecule has 1 aromatic carbocycles. The zero-order valence-electron chi connectivity index (χ0n) is 10.0. The molecule has 3 nitrogen and oxygen atoms in total. The number of benzene rings is 1. The minimum Gasteiger partial charge on any atom is -0.508 e. The number of hydrogen-bond acceptors (Lipinski definition) is 3. The van der Waals surface area contributed by atoms with Crippen molar-refractivity contribution in [1.82, 2.24) is 0 Å². The Morgan fingerprint density at radius 1 is 1.11 bits per heavy atom. The summed E-state index contributed by atoms with van der Waals surface area (Å²) in [4.78, 5) is 0. The number of halogens is 2. The number of hydrogen-bond donors (Lipinski definition) is 1. The third-order valence-electron chi connectivity index (χ3n) is 3.13. The number of sulfone groups is 1. The van der Waals surface area contributed by atoms with Crippen molar-refractivity contribution in [1.29, 1.82) is 0 Å². The second kappa shape index (κ2) is 4.54. The Labute approximate surface area is 122 Å². The first-order chi connectivity index (χ1) is 8.72. The topological polar surface area (TPSA) is 54.4 Å². The van der Waals surface area contributed by atoms with Crippen LogP contribution in [0.2, 0.25) is 0 Å². The van der Waals surface area contributed by atoms with Crippen molar-refractivity contribution >= 4 is 33.0 Å². The van der Waals surface area contributed by atoms with E-state index in [0.717, 1.165) is 6.26 Å². The number of para-hydroxylation sites is 1. The molecule has 0 heterocycles. The fourth-order valence-corrected chi connectivity index (χ4v) is 5.01. The Hall–Kier alpha value is -0.970. The van der Waals surface area contributed by atoms with Gasteiger partial charge in [-0.05, 0) is 12.1 Å². The van der Waals surface area contributed by atoms with Gasteiger partial charge in [0.05, 0.1) is 0 Å². The average Bonchev–Trinajstić information content (AvgIpc) is 2.28. The van der Waals surface area contributed by atoms with Crippen molar-refractivity contribution < 1.29 is 13.5 Å². The summed E-state index contributed by atoms with van der Waals surface area (Å²) in [6.07, 6.45) is 6.96. The lowest BCUT2D eigenvalue weighted by molar-refractivity contribution is 0.456. The number of allylic oxidation sites excluding steroid dienone is 3. The number of aromatic hydroxyl groups is 1. The van der Waals surface area contributed by atoms with E-state index in [0.29, 0.717) is 0 Å². The first kappa shape index (κ1) is 14.4. The molecular weight excluding hydrogens is 307 g/mol. The summed E-state index contributed by atoms with van der Waals surface area (Å²) in [5, 5.41) is 9.98. The van der Waals surface area contributed by atoms with E-state index in [4.69, 9.17) is 23.2 Å². The second-order valence-corrected chi connectivity index (χ2v) is 7.94. The van der Waals surface area contributed by atoms with Crippen LogP contribution in [0.1, 0.15) is 5.56 Å². The third kappa shape index (κ3) is 2.08. The van der Waals surface area contributed by atoms with Crippen LogP contribution in [0.3, 0.4) is 0 Å². The van der Waals surface area contributed by atoms with Crippen LogP contribution >= 0.6 is 23.2 Å². The van der Waals surface area contributed by atoms with Gasteiger partial charge in [0.2, 0.25) is 0 Å². The van der Waals surface area contributed by atoms with Gasteiger partial charge in [0.15, 0.2) is 18.9 Å².